The van der Waals surface area contributed by atoms with Crippen molar-refractivity contribution >= 4 is 11.3 Å². The van der Waals surface area contributed by atoms with E-state index in [1.807, 2.05) is 28.4 Å². The highest BCUT2D eigenvalue weighted by Gasteiger charge is 2.02. The smallest absolute Gasteiger partial charge is 0.104 e. The van der Waals surface area contributed by atoms with Crippen molar-refractivity contribution in [3.8, 4) is 11.8 Å². The molecule has 0 aliphatic rings. The van der Waals surface area contributed by atoms with Crippen molar-refractivity contribution in [1.82, 2.24) is 9.78 Å². The molecule has 0 aliphatic heterocycles. The van der Waals surface area contributed by atoms with Gasteiger partial charge in [-0.25, -0.2) is 0 Å². The van der Waals surface area contributed by atoms with Crippen molar-refractivity contribution < 1.29 is 5.11 Å². The van der Waals surface area contributed by atoms with Gasteiger partial charge in [-0.3, -0.25) is 4.68 Å². The van der Waals surface area contributed by atoms with E-state index in [0.29, 0.717) is 0 Å². The summed E-state index contributed by atoms with van der Waals surface area (Å²) in [4.78, 5) is 1.17. The topological polar surface area (TPSA) is 38.0 Å². The molecule has 0 bridgehead atoms. The van der Waals surface area contributed by atoms with Gasteiger partial charge in [0.25, 0.3) is 0 Å². The second-order valence-corrected chi connectivity index (χ2v) is 3.92. The summed E-state index contributed by atoms with van der Waals surface area (Å²) in [5.74, 6) is 5.58. The Labute approximate surface area is 92.0 Å². The first-order chi connectivity index (χ1) is 7.40. The molecule has 0 saturated carbocycles. The Morgan fingerprint density at radius 3 is 3.20 bits per heavy atom. The normalized spacial score (nSPS) is 9.67. The number of hydrogen-bond acceptors (Lipinski definition) is 3. The maximum absolute atomic E-state index is 8.62. The lowest BCUT2D eigenvalue weighted by atomic mass is 10.2. The molecule has 0 spiro atoms. The molecule has 1 N–H and O–H groups in total. The number of aliphatic hydroxyl groups excluding tert-OH is 1. The number of thiophene rings is 1. The van der Waals surface area contributed by atoms with E-state index in [9.17, 15) is 0 Å². The SMILES string of the molecule is OCC#Cc1ccsc1Cn1cccn1. The van der Waals surface area contributed by atoms with Crippen LogP contribution < -0.4 is 0 Å². The quantitative estimate of drug-likeness (QED) is 0.772. The minimum absolute atomic E-state index is 0.100. The first-order valence-electron chi connectivity index (χ1n) is 4.53. The van der Waals surface area contributed by atoms with Crippen LogP contribution in [-0.4, -0.2) is 21.5 Å². The van der Waals surface area contributed by atoms with Crippen molar-refractivity contribution in [3.05, 3.63) is 40.3 Å². The number of aliphatic hydroxyl groups is 1. The van der Waals surface area contributed by atoms with Crippen molar-refractivity contribution in [2.24, 2.45) is 0 Å². The Morgan fingerprint density at radius 1 is 1.53 bits per heavy atom. The highest BCUT2D eigenvalue weighted by Crippen LogP contribution is 2.16. The molecular formula is C11H10N2OS. The van der Waals surface area contributed by atoms with Gasteiger partial charge in [-0.2, -0.15) is 5.10 Å². The van der Waals surface area contributed by atoms with Crippen molar-refractivity contribution in [2.75, 3.05) is 6.61 Å². The molecule has 0 aliphatic carbocycles. The monoisotopic (exact) mass is 218 g/mol. The predicted octanol–water partition coefficient (Wildman–Crippen LogP) is 1.34. The third kappa shape index (κ3) is 2.46. The van der Waals surface area contributed by atoms with Crippen LogP contribution in [0.1, 0.15) is 10.4 Å². The molecule has 0 unspecified atom stereocenters. The van der Waals surface area contributed by atoms with Gasteiger partial charge in [0.05, 0.1) is 6.54 Å². The Kier molecular flexibility index (Phi) is 3.18. The van der Waals surface area contributed by atoms with Crippen molar-refractivity contribution in [3.63, 3.8) is 0 Å². The van der Waals surface area contributed by atoms with Crippen LogP contribution in [0.3, 0.4) is 0 Å². The third-order valence-electron chi connectivity index (χ3n) is 1.91. The first kappa shape index (κ1) is 9.97. The minimum atomic E-state index is -0.100. The van der Waals surface area contributed by atoms with Crippen LogP contribution in [0.2, 0.25) is 0 Å². The molecule has 2 aromatic rings. The second kappa shape index (κ2) is 4.78. The van der Waals surface area contributed by atoms with E-state index in [2.05, 4.69) is 16.9 Å². The predicted molar refractivity (Wildman–Crippen MR) is 59.6 cm³/mol. The fraction of sp³-hybridized carbons (Fsp3) is 0.182. The molecule has 4 heteroatoms. The van der Waals surface area contributed by atoms with E-state index < -0.39 is 0 Å². The molecule has 2 heterocycles. The van der Waals surface area contributed by atoms with E-state index in [0.717, 1.165) is 12.1 Å². The van der Waals surface area contributed by atoms with E-state index in [-0.39, 0.29) is 6.61 Å². The summed E-state index contributed by atoms with van der Waals surface area (Å²) in [6, 6.07) is 3.86. The number of rotatable bonds is 2. The fourth-order valence-electron chi connectivity index (χ4n) is 1.25. The number of nitrogens with zero attached hydrogens (tertiary/aromatic N) is 2. The minimum Gasteiger partial charge on any atom is -0.384 e. The van der Waals surface area contributed by atoms with E-state index in [1.54, 1.807) is 17.5 Å². The molecule has 3 nitrogen and oxygen atoms in total. The highest BCUT2D eigenvalue weighted by molar-refractivity contribution is 7.10. The second-order valence-electron chi connectivity index (χ2n) is 2.92. The maximum atomic E-state index is 8.62. The van der Waals surface area contributed by atoms with Crippen molar-refractivity contribution in [1.29, 1.82) is 0 Å². The lowest BCUT2D eigenvalue weighted by molar-refractivity contribution is 0.350. The summed E-state index contributed by atoms with van der Waals surface area (Å²) in [6.07, 6.45) is 3.68. The van der Waals surface area contributed by atoms with Gasteiger partial charge in [-0.15, -0.1) is 11.3 Å². The zero-order valence-corrected chi connectivity index (χ0v) is 8.87. The molecule has 0 atom stereocenters. The van der Waals surface area contributed by atoms with Crippen LogP contribution in [0.25, 0.3) is 0 Å². The average Bonchev–Trinajstić information content (AvgIpc) is 2.87. The van der Waals surface area contributed by atoms with Gasteiger partial charge in [0.15, 0.2) is 0 Å². The number of aromatic nitrogens is 2. The van der Waals surface area contributed by atoms with E-state index in [1.165, 1.54) is 4.88 Å². The summed E-state index contributed by atoms with van der Waals surface area (Å²) < 4.78 is 1.86. The summed E-state index contributed by atoms with van der Waals surface area (Å²) in [6.45, 7) is 0.636. The maximum Gasteiger partial charge on any atom is 0.104 e. The Bertz CT molecular complexity index is 476. The molecule has 0 fully saturated rings. The van der Waals surface area contributed by atoms with Gasteiger partial charge in [0, 0.05) is 22.8 Å². The first-order valence-corrected chi connectivity index (χ1v) is 5.41. The van der Waals surface area contributed by atoms with Crippen LogP contribution in [0.5, 0.6) is 0 Å². The van der Waals surface area contributed by atoms with Crippen LogP contribution in [0.4, 0.5) is 0 Å². The van der Waals surface area contributed by atoms with Crippen LogP contribution >= 0.6 is 11.3 Å². The Hall–Kier alpha value is -1.57. The summed E-state index contributed by atoms with van der Waals surface area (Å²) in [7, 11) is 0. The average molecular weight is 218 g/mol. The molecule has 0 radical (unpaired) electrons. The summed E-state index contributed by atoms with van der Waals surface area (Å²) >= 11 is 1.65. The van der Waals surface area contributed by atoms with E-state index in [4.69, 9.17) is 5.11 Å². The van der Waals surface area contributed by atoms with Gasteiger partial charge in [-0.05, 0) is 17.5 Å². The molecule has 15 heavy (non-hydrogen) atoms. The molecule has 0 saturated heterocycles. The van der Waals surface area contributed by atoms with Gasteiger partial charge in [0.1, 0.15) is 6.61 Å². The molecule has 2 aromatic heterocycles. The Morgan fingerprint density at radius 2 is 2.47 bits per heavy atom. The standard InChI is InChI=1S/C11H10N2OS/c14-7-1-3-10-4-8-15-11(10)9-13-6-2-5-12-13/h2,4-6,8,14H,7,9H2. The largest absolute Gasteiger partial charge is 0.384 e. The molecule has 2 rings (SSSR count). The lowest BCUT2D eigenvalue weighted by Crippen LogP contribution is -1.99. The van der Waals surface area contributed by atoms with Crippen molar-refractivity contribution in [2.45, 2.75) is 6.54 Å². The van der Waals surface area contributed by atoms with Gasteiger partial charge in [-0.1, -0.05) is 11.8 Å². The summed E-state index contributed by atoms with van der Waals surface area (Å²) in [5.41, 5.74) is 0.976. The fourth-order valence-corrected chi connectivity index (χ4v) is 2.07. The van der Waals surface area contributed by atoms with Gasteiger partial charge in [0.2, 0.25) is 0 Å². The zero-order chi connectivity index (χ0) is 10.5. The lowest BCUT2D eigenvalue weighted by Gasteiger charge is -1.98. The van der Waals surface area contributed by atoms with Gasteiger partial charge >= 0.3 is 0 Å². The zero-order valence-electron chi connectivity index (χ0n) is 8.05. The van der Waals surface area contributed by atoms with Gasteiger partial charge < -0.3 is 5.11 Å². The molecule has 76 valence electrons. The highest BCUT2D eigenvalue weighted by atomic mass is 32.1. The van der Waals surface area contributed by atoms with E-state index >= 15 is 0 Å². The summed E-state index contributed by atoms with van der Waals surface area (Å²) in [5, 5.41) is 14.8. The van der Waals surface area contributed by atoms with Crippen LogP contribution in [0, 0.1) is 11.8 Å². The van der Waals surface area contributed by atoms with Crippen LogP contribution in [-0.2, 0) is 6.54 Å². The molecule has 0 amide bonds. The third-order valence-corrected chi connectivity index (χ3v) is 2.82. The Balaban J connectivity index is 2.18. The molecular weight excluding hydrogens is 208 g/mol. The number of hydrogen-bond donors (Lipinski definition) is 1. The van der Waals surface area contributed by atoms with Crippen LogP contribution in [0.15, 0.2) is 29.9 Å². The molecule has 0 aromatic carbocycles.